The molecule has 4 nitrogen and oxygen atoms in total. The molecule has 0 spiro atoms. The average molecular weight is 324 g/mol. The molecule has 1 aromatic carbocycles. The summed E-state index contributed by atoms with van der Waals surface area (Å²) in [5.74, 6) is 0.0235. The van der Waals surface area contributed by atoms with Gasteiger partial charge in [-0.2, -0.15) is 5.26 Å². The third-order valence-electron chi connectivity index (χ3n) is 2.79. The van der Waals surface area contributed by atoms with E-state index in [0.717, 1.165) is 16.6 Å². The molecule has 19 heavy (non-hydrogen) atoms. The van der Waals surface area contributed by atoms with E-state index >= 15 is 0 Å². The molecule has 2 N–H and O–H groups in total. The van der Waals surface area contributed by atoms with Crippen LogP contribution in [-0.2, 0) is 4.79 Å². The number of hydrogen-bond acceptors (Lipinski definition) is 3. The van der Waals surface area contributed by atoms with Gasteiger partial charge in [-0.15, -0.1) is 0 Å². The van der Waals surface area contributed by atoms with E-state index in [9.17, 15) is 4.79 Å². The zero-order valence-electron chi connectivity index (χ0n) is 11.2. The van der Waals surface area contributed by atoms with Gasteiger partial charge in [-0.3, -0.25) is 4.79 Å². The number of nitriles is 1. The first-order valence-corrected chi connectivity index (χ1v) is 7.09. The molecule has 1 aromatic rings. The number of nitrogens with zero attached hydrogens (tertiary/aromatic N) is 1. The molecule has 0 saturated carbocycles. The summed E-state index contributed by atoms with van der Waals surface area (Å²) in [5.41, 5.74) is 1.32. The van der Waals surface area contributed by atoms with Crippen LogP contribution in [0.5, 0.6) is 0 Å². The maximum Gasteiger partial charge on any atom is 0.221 e. The van der Waals surface area contributed by atoms with Crippen molar-refractivity contribution in [2.45, 2.75) is 32.7 Å². The molecular formula is C14H18BrN3O. The summed E-state index contributed by atoms with van der Waals surface area (Å²) in [6, 6.07) is 7.72. The Balaban J connectivity index is 2.47. The second-order valence-corrected chi connectivity index (χ2v) is 5.27. The predicted molar refractivity (Wildman–Crippen MR) is 79.9 cm³/mol. The number of amides is 1. The molecular weight excluding hydrogens is 306 g/mol. The normalized spacial score (nSPS) is 11.5. The number of hydrogen-bond donors (Lipinski definition) is 2. The minimum absolute atomic E-state index is 0.0235. The minimum Gasteiger partial charge on any atom is -0.383 e. The van der Waals surface area contributed by atoms with Gasteiger partial charge in [0, 0.05) is 23.5 Å². The minimum atomic E-state index is 0.0235. The predicted octanol–water partition coefficient (Wildman–Crippen LogP) is 3.04. The molecule has 5 heteroatoms. The first-order valence-electron chi connectivity index (χ1n) is 6.29. The van der Waals surface area contributed by atoms with Crippen molar-refractivity contribution in [1.82, 2.24) is 5.32 Å². The molecule has 1 unspecified atom stereocenters. The third kappa shape index (κ3) is 5.31. The quantitative estimate of drug-likeness (QED) is 0.845. The molecule has 1 rings (SSSR count). The van der Waals surface area contributed by atoms with Crippen molar-refractivity contribution in [2.24, 2.45) is 0 Å². The number of carbonyl (C=O) groups excluding carboxylic acids is 1. The maximum absolute atomic E-state index is 11.6. The van der Waals surface area contributed by atoms with Gasteiger partial charge in [-0.05, 0) is 31.5 Å². The van der Waals surface area contributed by atoms with Crippen molar-refractivity contribution >= 4 is 27.5 Å². The zero-order valence-corrected chi connectivity index (χ0v) is 12.8. The van der Waals surface area contributed by atoms with Crippen molar-refractivity contribution in [1.29, 1.82) is 5.26 Å². The summed E-state index contributed by atoms with van der Waals surface area (Å²) in [6.07, 6.45) is 1.31. The van der Waals surface area contributed by atoms with E-state index in [1.807, 2.05) is 26.0 Å². The lowest BCUT2D eigenvalue weighted by Gasteiger charge is -2.12. The van der Waals surface area contributed by atoms with E-state index in [-0.39, 0.29) is 11.9 Å². The topological polar surface area (TPSA) is 64.9 Å². The summed E-state index contributed by atoms with van der Waals surface area (Å²) in [7, 11) is 0. The van der Waals surface area contributed by atoms with Crippen LogP contribution in [0.25, 0.3) is 0 Å². The highest BCUT2D eigenvalue weighted by Gasteiger charge is 2.06. The Labute approximate surface area is 122 Å². The van der Waals surface area contributed by atoms with Gasteiger partial charge >= 0.3 is 0 Å². The van der Waals surface area contributed by atoms with Gasteiger partial charge in [0.1, 0.15) is 6.07 Å². The fourth-order valence-corrected chi connectivity index (χ4v) is 1.88. The Morgan fingerprint density at radius 2 is 2.26 bits per heavy atom. The number of rotatable bonds is 6. The van der Waals surface area contributed by atoms with E-state index in [4.69, 9.17) is 5.26 Å². The Bertz CT molecular complexity index is 482. The van der Waals surface area contributed by atoms with E-state index in [1.165, 1.54) is 0 Å². The number of nitrogens with one attached hydrogen (secondary N) is 2. The van der Waals surface area contributed by atoms with E-state index in [0.29, 0.717) is 18.5 Å². The molecule has 0 saturated heterocycles. The molecule has 0 aliphatic rings. The van der Waals surface area contributed by atoms with Crippen LogP contribution < -0.4 is 10.6 Å². The highest BCUT2D eigenvalue weighted by atomic mass is 79.9. The maximum atomic E-state index is 11.6. The summed E-state index contributed by atoms with van der Waals surface area (Å²) in [4.78, 5) is 11.6. The lowest BCUT2D eigenvalue weighted by atomic mass is 10.2. The molecule has 102 valence electrons. The second-order valence-electron chi connectivity index (χ2n) is 4.36. The average Bonchev–Trinajstić information content (AvgIpc) is 2.38. The van der Waals surface area contributed by atoms with E-state index < -0.39 is 0 Å². The van der Waals surface area contributed by atoms with Crippen LogP contribution >= 0.6 is 15.9 Å². The lowest BCUT2D eigenvalue weighted by Crippen LogP contribution is -2.32. The lowest BCUT2D eigenvalue weighted by molar-refractivity contribution is -0.121. The van der Waals surface area contributed by atoms with Crippen LogP contribution in [0.15, 0.2) is 22.7 Å². The van der Waals surface area contributed by atoms with Gasteiger partial charge in [0.25, 0.3) is 0 Å². The number of carbonyl (C=O) groups is 1. The molecule has 0 fully saturated rings. The van der Waals surface area contributed by atoms with Crippen molar-refractivity contribution in [2.75, 3.05) is 11.9 Å². The summed E-state index contributed by atoms with van der Waals surface area (Å²) >= 11 is 3.36. The van der Waals surface area contributed by atoms with Crippen LogP contribution in [0.2, 0.25) is 0 Å². The van der Waals surface area contributed by atoms with Crippen LogP contribution in [-0.4, -0.2) is 18.5 Å². The first kappa shape index (κ1) is 15.5. The van der Waals surface area contributed by atoms with Crippen molar-refractivity contribution in [3.05, 3.63) is 28.2 Å². The highest BCUT2D eigenvalue weighted by molar-refractivity contribution is 9.10. The molecule has 1 atom stereocenters. The molecule has 1 amide bonds. The van der Waals surface area contributed by atoms with E-state index in [2.05, 4.69) is 32.6 Å². The zero-order chi connectivity index (χ0) is 14.3. The smallest absolute Gasteiger partial charge is 0.221 e. The number of benzene rings is 1. The second kappa shape index (κ2) is 7.80. The van der Waals surface area contributed by atoms with Gasteiger partial charge < -0.3 is 10.6 Å². The summed E-state index contributed by atoms with van der Waals surface area (Å²) < 4.78 is 0.901. The molecule has 0 radical (unpaired) electrons. The molecule has 0 aliphatic carbocycles. The number of halogens is 1. The Morgan fingerprint density at radius 3 is 2.89 bits per heavy atom. The molecule has 0 heterocycles. The van der Waals surface area contributed by atoms with Crippen LogP contribution in [0.4, 0.5) is 5.69 Å². The Kier molecular flexibility index (Phi) is 6.37. The SMILES string of the molecule is CCC(C)NC(=O)CCNc1cc(Br)ccc1C#N. The van der Waals surface area contributed by atoms with Crippen molar-refractivity contribution in [3.8, 4) is 6.07 Å². The van der Waals surface area contributed by atoms with Crippen LogP contribution in [0, 0.1) is 11.3 Å². The van der Waals surface area contributed by atoms with Crippen molar-refractivity contribution in [3.63, 3.8) is 0 Å². The fraction of sp³-hybridized carbons (Fsp3) is 0.429. The van der Waals surface area contributed by atoms with Gasteiger partial charge in [-0.1, -0.05) is 22.9 Å². The summed E-state index contributed by atoms with van der Waals surface area (Å²) in [6.45, 7) is 4.52. The van der Waals surface area contributed by atoms with Crippen LogP contribution in [0.1, 0.15) is 32.3 Å². The van der Waals surface area contributed by atoms with E-state index in [1.54, 1.807) is 6.07 Å². The Morgan fingerprint density at radius 1 is 1.53 bits per heavy atom. The Hall–Kier alpha value is -1.54. The van der Waals surface area contributed by atoms with Gasteiger partial charge in [0.15, 0.2) is 0 Å². The molecule has 0 aromatic heterocycles. The number of anilines is 1. The van der Waals surface area contributed by atoms with Crippen molar-refractivity contribution < 1.29 is 4.79 Å². The fourth-order valence-electron chi connectivity index (χ4n) is 1.52. The van der Waals surface area contributed by atoms with Crippen LogP contribution in [0.3, 0.4) is 0 Å². The molecule has 0 bridgehead atoms. The molecule has 0 aliphatic heterocycles. The van der Waals surface area contributed by atoms with Gasteiger partial charge in [0.05, 0.1) is 11.3 Å². The summed E-state index contributed by atoms with van der Waals surface area (Å²) in [5, 5.41) is 15.0. The van der Waals surface area contributed by atoms with Gasteiger partial charge in [-0.25, -0.2) is 0 Å². The third-order valence-corrected chi connectivity index (χ3v) is 3.28. The monoisotopic (exact) mass is 323 g/mol. The standard InChI is InChI=1S/C14H18BrN3O/c1-3-10(2)18-14(19)6-7-17-13-8-12(15)5-4-11(13)9-16/h4-5,8,10,17H,3,6-7H2,1-2H3,(H,18,19). The largest absolute Gasteiger partial charge is 0.383 e. The highest BCUT2D eigenvalue weighted by Crippen LogP contribution is 2.20. The van der Waals surface area contributed by atoms with Gasteiger partial charge in [0.2, 0.25) is 5.91 Å². The first-order chi connectivity index (χ1) is 9.06.